The molecule has 1 aromatic carbocycles. The number of hydrogen-bond acceptors (Lipinski definition) is 3. The summed E-state index contributed by atoms with van der Waals surface area (Å²) >= 11 is 0. The van der Waals surface area contributed by atoms with E-state index in [4.69, 9.17) is 0 Å². The zero-order chi connectivity index (χ0) is 18.4. The predicted molar refractivity (Wildman–Crippen MR) is 98.9 cm³/mol. The first-order valence-corrected chi connectivity index (χ1v) is 8.97. The van der Waals surface area contributed by atoms with Crippen LogP contribution in [0.25, 0.3) is 11.0 Å². The van der Waals surface area contributed by atoms with Gasteiger partial charge in [-0.25, -0.2) is 4.98 Å². The molecular formula is C19H28N4O2. The number of fused-ring (bicyclic) bond motifs is 1. The van der Waals surface area contributed by atoms with E-state index in [0.717, 1.165) is 29.7 Å². The normalized spacial score (nSPS) is 14.7. The number of hydrogen-bond donors (Lipinski definition) is 3. The molecule has 1 aromatic heterocycles. The Hall–Kier alpha value is -2.37. The minimum atomic E-state index is -0.217. The lowest BCUT2D eigenvalue weighted by Crippen LogP contribution is -2.42. The Morgan fingerprint density at radius 2 is 1.88 bits per heavy atom. The lowest BCUT2D eigenvalue weighted by molar-refractivity contribution is -0.128. The maximum absolute atomic E-state index is 12.3. The van der Waals surface area contributed by atoms with Crippen LogP contribution in [0.2, 0.25) is 0 Å². The van der Waals surface area contributed by atoms with Crippen LogP contribution in [-0.4, -0.2) is 28.3 Å². The Labute approximate surface area is 148 Å². The Balaban J connectivity index is 2.07. The molecule has 0 fully saturated rings. The van der Waals surface area contributed by atoms with Crippen molar-refractivity contribution in [2.24, 2.45) is 11.8 Å². The molecule has 0 radical (unpaired) electrons. The summed E-state index contributed by atoms with van der Waals surface area (Å²) < 4.78 is 0. The first-order chi connectivity index (χ1) is 12.0. The van der Waals surface area contributed by atoms with Crippen molar-refractivity contribution in [1.82, 2.24) is 20.6 Å². The first kappa shape index (κ1) is 19.0. The summed E-state index contributed by atoms with van der Waals surface area (Å²) in [6.45, 7) is 7.94. The number of amides is 2. The average molecular weight is 344 g/mol. The fourth-order valence-corrected chi connectivity index (χ4v) is 2.59. The number of carbonyl (C=O) groups is 2. The molecule has 3 atom stereocenters. The van der Waals surface area contributed by atoms with Gasteiger partial charge in [0.15, 0.2) is 0 Å². The molecule has 0 aliphatic heterocycles. The highest BCUT2D eigenvalue weighted by Gasteiger charge is 2.24. The number of aromatic nitrogens is 2. The van der Waals surface area contributed by atoms with E-state index in [2.05, 4.69) is 34.4 Å². The molecule has 0 unspecified atom stereocenters. The second kappa shape index (κ2) is 8.65. The number of benzene rings is 1. The predicted octanol–water partition coefficient (Wildman–Crippen LogP) is 2.93. The summed E-state index contributed by atoms with van der Waals surface area (Å²) in [5, 5.41) is 5.70. The smallest absolute Gasteiger partial charge is 0.239 e. The quantitative estimate of drug-likeness (QED) is 0.688. The van der Waals surface area contributed by atoms with Crippen molar-refractivity contribution >= 4 is 22.8 Å². The van der Waals surface area contributed by atoms with Gasteiger partial charge < -0.3 is 15.6 Å². The molecule has 0 saturated heterocycles. The first-order valence-electron chi connectivity index (χ1n) is 8.97. The van der Waals surface area contributed by atoms with Gasteiger partial charge in [-0.15, -0.1) is 0 Å². The molecular weight excluding hydrogens is 316 g/mol. The third-order valence-electron chi connectivity index (χ3n) is 4.71. The summed E-state index contributed by atoms with van der Waals surface area (Å²) in [5.74, 6) is 0.573. The van der Waals surface area contributed by atoms with Crippen LogP contribution in [0, 0.1) is 11.8 Å². The van der Waals surface area contributed by atoms with Gasteiger partial charge in [-0.3, -0.25) is 9.59 Å². The van der Waals surface area contributed by atoms with Crippen LogP contribution >= 0.6 is 0 Å². The van der Waals surface area contributed by atoms with Crippen molar-refractivity contribution in [3.63, 3.8) is 0 Å². The number of imidazole rings is 1. The van der Waals surface area contributed by atoms with E-state index in [9.17, 15) is 9.59 Å². The summed E-state index contributed by atoms with van der Waals surface area (Å²) in [6, 6.07) is 7.58. The van der Waals surface area contributed by atoms with Gasteiger partial charge >= 0.3 is 0 Å². The van der Waals surface area contributed by atoms with Crippen molar-refractivity contribution in [2.75, 3.05) is 6.54 Å². The van der Waals surface area contributed by atoms with Crippen LogP contribution in [0.3, 0.4) is 0 Å². The SMILES string of the molecule is CC[C@@H](C)[C@@H](NC(=O)CNC(=O)[C@@H](C)CC)c1nc2ccccc2[nH]1. The highest BCUT2D eigenvalue weighted by atomic mass is 16.2. The molecule has 0 spiro atoms. The van der Waals surface area contributed by atoms with E-state index >= 15 is 0 Å². The van der Waals surface area contributed by atoms with Crippen molar-refractivity contribution in [3.8, 4) is 0 Å². The number of para-hydroxylation sites is 2. The maximum atomic E-state index is 12.3. The van der Waals surface area contributed by atoms with Crippen LogP contribution in [0.4, 0.5) is 0 Å². The molecule has 0 aliphatic carbocycles. The van der Waals surface area contributed by atoms with Crippen LogP contribution in [0.1, 0.15) is 52.4 Å². The highest BCUT2D eigenvalue weighted by Crippen LogP contribution is 2.24. The van der Waals surface area contributed by atoms with Gasteiger partial charge in [0.25, 0.3) is 0 Å². The molecule has 136 valence electrons. The molecule has 3 N–H and O–H groups in total. The minimum absolute atomic E-state index is 0.0175. The third-order valence-corrected chi connectivity index (χ3v) is 4.71. The molecule has 0 aliphatic rings. The second-order valence-corrected chi connectivity index (χ2v) is 6.60. The van der Waals surface area contributed by atoms with E-state index in [1.807, 2.05) is 38.1 Å². The molecule has 0 bridgehead atoms. The topological polar surface area (TPSA) is 86.9 Å². The largest absolute Gasteiger partial charge is 0.347 e. The van der Waals surface area contributed by atoms with Gasteiger partial charge in [-0.05, 0) is 24.5 Å². The second-order valence-electron chi connectivity index (χ2n) is 6.60. The van der Waals surface area contributed by atoms with Gasteiger partial charge in [0.1, 0.15) is 5.82 Å². The third kappa shape index (κ3) is 4.81. The molecule has 25 heavy (non-hydrogen) atoms. The fourth-order valence-electron chi connectivity index (χ4n) is 2.59. The zero-order valence-corrected chi connectivity index (χ0v) is 15.4. The van der Waals surface area contributed by atoms with Gasteiger partial charge in [-0.1, -0.05) is 46.2 Å². The minimum Gasteiger partial charge on any atom is -0.347 e. The Morgan fingerprint density at radius 3 is 2.52 bits per heavy atom. The summed E-state index contributed by atoms with van der Waals surface area (Å²) in [7, 11) is 0. The monoisotopic (exact) mass is 344 g/mol. The van der Waals surface area contributed by atoms with Crippen molar-refractivity contribution in [1.29, 1.82) is 0 Å². The average Bonchev–Trinajstić information content (AvgIpc) is 3.06. The van der Waals surface area contributed by atoms with Crippen molar-refractivity contribution in [3.05, 3.63) is 30.1 Å². The van der Waals surface area contributed by atoms with Gasteiger partial charge in [0.2, 0.25) is 11.8 Å². The van der Waals surface area contributed by atoms with Crippen molar-refractivity contribution in [2.45, 2.75) is 46.6 Å². The molecule has 6 nitrogen and oxygen atoms in total. The van der Waals surface area contributed by atoms with Gasteiger partial charge in [0.05, 0.1) is 23.6 Å². The van der Waals surface area contributed by atoms with E-state index in [1.54, 1.807) is 0 Å². The van der Waals surface area contributed by atoms with E-state index in [0.29, 0.717) is 0 Å². The van der Waals surface area contributed by atoms with Crippen LogP contribution < -0.4 is 10.6 Å². The fraction of sp³-hybridized carbons (Fsp3) is 0.526. The van der Waals surface area contributed by atoms with E-state index < -0.39 is 0 Å². The number of aromatic amines is 1. The standard InChI is InChI=1S/C19H28N4O2/c1-5-12(3)17(18-21-14-9-7-8-10-15(14)22-18)23-16(24)11-20-19(25)13(4)6-2/h7-10,12-13,17H,5-6,11H2,1-4H3,(H,20,25)(H,21,22)(H,23,24)/t12-,13+,17-/m1/s1. The lowest BCUT2D eigenvalue weighted by Gasteiger charge is -2.22. The van der Waals surface area contributed by atoms with Crippen molar-refractivity contribution < 1.29 is 9.59 Å². The Morgan fingerprint density at radius 1 is 1.16 bits per heavy atom. The van der Waals surface area contributed by atoms with Crippen LogP contribution in [-0.2, 0) is 9.59 Å². The number of carbonyl (C=O) groups excluding carboxylic acids is 2. The number of nitrogens with one attached hydrogen (secondary N) is 3. The summed E-state index contributed by atoms with van der Waals surface area (Å²) in [6.07, 6.45) is 1.66. The Bertz CT molecular complexity index is 692. The van der Waals surface area contributed by atoms with Gasteiger partial charge in [-0.2, -0.15) is 0 Å². The molecule has 1 heterocycles. The molecule has 2 aromatic rings. The lowest BCUT2D eigenvalue weighted by atomic mass is 9.98. The zero-order valence-electron chi connectivity index (χ0n) is 15.4. The van der Waals surface area contributed by atoms with Crippen LogP contribution in [0.15, 0.2) is 24.3 Å². The number of H-pyrrole nitrogens is 1. The van der Waals surface area contributed by atoms with Crippen LogP contribution in [0.5, 0.6) is 0 Å². The molecule has 2 amide bonds. The molecule has 0 saturated carbocycles. The number of nitrogens with zero attached hydrogens (tertiary/aromatic N) is 1. The molecule has 2 rings (SSSR count). The highest BCUT2D eigenvalue weighted by molar-refractivity contribution is 5.85. The van der Waals surface area contributed by atoms with E-state index in [1.165, 1.54) is 0 Å². The maximum Gasteiger partial charge on any atom is 0.239 e. The van der Waals surface area contributed by atoms with E-state index in [-0.39, 0.29) is 36.2 Å². The summed E-state index contributed by atoms with van der Waals surface area (Å²) in [4.78, 5) is 32.1. The molecule has 6 heteroatoms. The number of rotatable bonds is 8. The summed E-state index contributed by atoms with van der Waals surface area (Å²) in [5.41, 5.74) is 1.83. The van der Waals surface area contributed by atoms with Gasteiger partial charge in [0, 0.05) is 5.92 Å². The Kier molecular flexibility index (Phi) is 6.56.